The number of rotatable bonds is 8. The van der Waals surface area contributed by atoms with Crippen molar-refractivity contribution in [2.45, 2.75) is 26.2 Å². The molecule has 190 valence electrons. The molecule has 2 aliphatic rings. The fraction of sp³-hybridized carbons (Fsp3) is 0.346. The van der Waals surface area contributed by atoms with Crippen LogP contribution in [0.25, 0.3) is 6.08 Å². The molecule has 0 saturated carbocycles. The van der Waals surface area contributed by atoms with E-state index in [0.29, 0.717) is 31.7 Å². The van der Waals surface area contributed by atoms with Gasteiger partial charge in [0.15, 0.2) is 23.3 Å². The number of hydrogen-bond acceptors (Lipinski definition) is 7. The molecular weight excluding hydrogens is 593 g/mol. The SMILES string of the molecule is CCN1C(=O)/C(=C/c2cc(I)c(OCC(=O)O)c(OC)c2)SC1=Nc1ccc(N2CCCCC2)cc1. The third-order valence-corrected chi connectivity index (χ3v) is 7.70. The van der Waals surface area contributed by atoms with Crippen molar-refractivity contribution in [3.05, 3.63) is 50.4 Å². The van der Waals surface area contributed by atoms with E-state index in [2.05, 4.69) is 39.6 Å². The molecule has 2 fully saturated rings. The number of ether oxygens (including phenoxy) is 2. The average molecular weight is 621 g/mol. The van der Waals surface area contributed by atoms with Crippen molar-refractivity contribution in [1.29, 1.82) is 0 Å². The van der Waals surface area contributed by atoms with Gasteiger partial charge in [0.2, 0.25) is 0 Å². The van der Waals surface area contributed by atoms with Crippen molar-refractivity contribution >= 4 is 68.8 Å². The van der Waals surface area contributed by atoms with Crippen LogP contribution in [0.1, 0.15) is 31.7 Å². The van der Waals surface area contributed by atoms with Crippen LogP contribution in [-0.4, -0.2) is 60.4 Å². The minimum atomic E-state index is -1.07. The molecule has 0 bridgehead atoms. The second-order valence-corrected chi connectivity index (χ2v) is 10.5. The molecule has 0 unspecified atom stereocenters. The number of aliphatic imine (C=N–C) groups is 1. The van der Waals surface area contributed by atoms with Crippen molar-refractivity contribution in [1.82, 2.24) is 4.90 Å². The Bertz CT molecular complexity index is 1190. The fourth-order valence-corrected chi connectivity index (χ4v) is 5.96. The largest absolute Gasteiger partial charge is 0.493 e. The smallest absolute Gasteiger partial charge is 0.341 e. The summed E-state index contributed by atoms with van der Waals surface area (Å²) in [5, 5.41) is 9.56. The summed E-state index contributed by atoms with van der Waals surface area (Å²) in [6.07, 6.45) is 5.55. The Morgan fingerprint density at radius 2 is 1.92 bits per heavy atom. The summed E-state index contributed by atoms with van der Waals surface area (Å²) in [4.78, 5) is 33.4. The van der Waals surface area contributed by atoms with Crippen LogP contribution in [0.5, 0.6) is 11.5 Å². The maximum atomic E-state index is 13.1. The van der Waals surface area contributed by atoms with E-state index < -0.39 is 12.6 Å². The van der Waals surface area contributed by atoms with Crippen molar-refractivity contribution in [2.75, 3.05) is 38.3 Å². The summed E-state index contributed by atoms with van der Waals surface area (Å²) in [6.45, 7) is 4.15. The van der Waals surface area contributed by atoms with E-state index in [1.54, 1.807) is 17.0 Å². The number of amides is 1. The van der Waals surface area contributed by atoms with Gasteiger partial charge in [-0.05, 0) is 109 Å². The molecule has 0 radical (unpaired) electrons. The van der Waals surface area contributed by atoms with E-state index in [1.165, 1.54) is 43.8 Å². The van der Waals surface area contributed by atoms with E-state index in [4.69, 9.17) is 19.6 Å². The average Bonchev–Trinajstić information content (AvgIpc) is 3.17. The first-order valence-electron chi connectivity index (χ1n) is 11.8. The number of halogens is 1. The van der Waals surface area contributed by atoms with Crippen LogP contribution in [-0.2, 0) is 9.59 Å². The number of benzene rings is 2. The molecule has 2 heterocycles. The van der Waals surface area contributed by atoms with Gasteiger partial charge in [0.1, 0.15) is 0 Å². The Morgan fingerprint density at radius 1 is 1.19 bits per heavy atom. The zero-order valence-corrected chi connectivity index (χ0v) is 23.2. The summed E-state index contributed by atoms with van der Waals surface area (Å²) >= 11 is 3.40. The highest BCUT2D eigenvalue weighted by Crippen LogP contribution is 2.38. The Morgan fingerprint density at radius 3 is 2.56 bits per heavy atom. The predicted octanol–water partition coefficient (Wildman–Crippen LogP) is 5.38. The second kappa shape index (κ2) is 12.0. The molecule has 2 aromatic rings. The number of carbonyl (C=O) groups excluding carboxylic acids is 1. The van der Waals surface area contributed by atoms with Crippen LogP contribution in [0, 0.1) is 3.57 Å². The third-order valence-electron chi connectivity index (χ3n) is 5.89. The predicted molar refractivity (Wildman–Crippen MR) is 151 cm³/mol. The molecule has 8 nitrogen and oxygen atoms in total. The van der Waals surface area contributed by atoms with Gasteiger partial charge in [0.25, 0.3) is 5.91 Å². The molecule has 1 N–H and O–H groups in total. The highest BCUT2D eigenvalue weighted by Gasteiger charge is 2.32. The molecule has 0 spiro atoms. The number of piperidine rings is 1. The van der Waals surface area contributed by atoms with Crippen LogP contribution in [0.2, 0.25) is 0 Å². The maximum Gasteiger partial charge on any atom is 0.341 e. The number of likely N-dealkylation sites (N-methyl/N-ethyl adjacent to an activating group) is 1. The minimum Gasteiger partial charge on any atom is -0.493 e. The number of amidine groups is 1. The maximum absolute atomic E-state index is 13.1. The zero-order valence-electron chi connectivity index (χ0n) is 20.2. The second-order valence-electron chi connectivity index (χ2n) is 8.34. The molecular formula is C26H28IN3O5S. The molecule has 4 rings (SSSR count). The molecule has 2 saturated heterocycles. The van der Waals surface area contributed by atoms with E-state index in [-0.39, 0.29) is 5.91 Å². The van der Waals surface area contributed by atoms with Gasteiger partial charge >= 0.3 is 5.97 Å². The van der Waals surface area contributed by atoms with Gasteiger partial charge in [-0.3, -0.25) is 9.69 Å². The van der Waals surface area contributed by atoms with E-state index >= 15 is 0 Å². The van der Waals surface area contributed by atoms with Crippen molar-refractivity contribution in [3.63, 3.8) is 0 Å². The molecule has 2 aromatic carbocycles. The number of methoxy groups -OCH3 is 1. The zero-order chi connectivity index (χ0) is 25.7. The van der Waals surface area contributed by atoms with Gasteiger partial charge in [0, 0.05) is 25.3 Å². The molecule has 1 amide bonds. The lowest BCUT2D eigenvalue weighted by Crippen LogP contribution is -2.29. The number of hydrogen-bond donors (Lipinski definition) is 1. The first kappa shape index (κ1) is 26.3. The van der Waals surface area contributed by atoms with Crippen LogP contribution in [0.3, 0.4) is 0 Å². The van der Waals surface area contributed by atoms with Crippen LogP contribution in [0.15, 0.2) is 46.3 Å². The lowest BCUT2D eigenvalue weighted by Gasteiger charge is -2.28. The summed E-state index contributed by atoms with van der Waals surface area (Å²) in [7, 11) is 1.49. The Kier molecular flexibility index (Phi) is 8.78. The van der Waals surface area contributed by atoms with Crippen LogP contribution in [0.4, 0.5) is 11.4 Å². The highest BCUT2D eigenvalue weighted by atomic mass is 127. The van der Waals surface area contributed by atoms with Gasteiger partial charge in [-0.15, -0.1) is 0 Å². The molecule has 36 heavy (non-hydrogen) atoms. The number of carboxylic acid groups (broad SMARTS) is 1. The van der Waals surface area contributed by atoms with Gasteiger partial charge in [-0.2, -0.15) is 0 Å². The monoisotopic (exact) mass is 621 g/mol. The summed E-state index contributed by atoms with van der Waals surface area (Å²) in [6, 6.07) is 11.8. The first-order valence-corrected chi connectivity index (χ1v) is 13.7. The number of anilines is 1. The van der Waals surface area contributed by atoms with Crippen LogP contribution >= 0.6 is 34.4 Å². The van der Waals surface area contributed by atoms with Crippen molar-refractivity contribution in [3.8, 4) is 11.5 Å². The van der Waals surface area contributed by atoms with Crippen molar-refractivity contribution < 1.29 is 24.2 Å². The summed E-state index contributed by atoms with van der Waals surface area (Å²) < 4.78 is 11.5. The molecule has 10 heteroatoms. The molecule has 0 atom stereocenters. The lowest BCUT2D eigenvalue weighted by atomic mass is 10.1. The Balaban J connectivity index is 1.56. The number of carbonyl (C=O) groups is 2. The van der Waals surface area contributed by atoms with Gasteiger partial charge < -0.3 is 19.5 Å². The topological polar surface area (TPSA) is 91.7 Å². The van der Waals surface area contributed by atoms with Gasteiger partial charge in [0.05, 0.1) is 21.3 Å². The van der Waals surface area contributed by atoms with E-state index in [1.807, 2.05) is 25.1 Å². The van der Waals surface area contributed by atoms with E-state index in [9.17, 15) is 9.59 Å². The van der Waals surface area contributed by atoms with Crippen LogP contribution < -0.4 is 14.4 Å². The highest BCUT2D eigenvalue weighted by molar-refractivity contribution is 14.1. The van der Waals surface area contributed by atoms with E-state index in [0.717, 1.165) is 24.3 Å². The summed E-state index contributed by atoms with van der Waals surface area (Å²) in [5.41, 5.74) is 2.76. The minimum absolute atomic E-state index is 0.105. The normalized spacial score (nSPS) is 18.2. The fourth-order valence-electron chi connectivity index (χ4n) is 4.12. The first-order chi connectivity index (χ1) is 17.4. The number of carboxylic acids is 1. The van der Waals surface area contributed by atoms with Gasteiger partial charge in [-0.25, -0.2) is 9.79 Å². The molecule has 2 aliphatic heterocycles. The quantitative estimate of drug-likeness (QED) is 0.313. The Labute approximate surface area is 228 Å². The lowest BCUT2D eigenvalue weighted by molar-refractivity contribution is -0.139. The number of nitrogens with zero attached hydrogens (tertiary/aromatic N) is 3. The number of aliphatic carboxylic acids is 1. The Hall–Kier alpha value is -2.73. The van der Waals surface area contributed by atoms with Crippen molar-refractivity contribution in [2.24, 2.45) is 4.99 Å². The standard InChI is InChI=1S/C26H28IN3O5S/c1-3-30-25(33)22(15-17-13-20(27)24(21(14-17)34-2)35-16-23(31)32)36-26(30)28-18-7-9-19(10-8-18)29-11-5-4-6-12-29/h7-10,13-15H,3-6,11-12,16H2,1-2H3,(H,31,32)/b22-15-,28-26?. The number of thioether (sulfide) groups is 1. The molecule has 0 aliphatic carbocycles. The van der Waals surface area contributed by atoms with Gasteiger partial charge in [-0.1, -0.05) is 0 Å². The summed E-state index contributed by atoms with van der Waals surface area (Å²) in [5.74, 6) is -0.412. The molecule has 0 aromatic heterocycles. The third kappa shape index (κ3) is 6.15.